The summed E-state index contributed by atoms with van der Waals surface area (Å²) < 4.78 is 17.8. The molecule has 0 spiro atoms. The van der Waals surface area contributed by atoms with E-state index in [2.05, 4.69) is 48.2 Å². The van der Waals surface area contributed by atoms with Crippen LogP contribution >= 0.6 is 0 Å². The second-order valence-electron chi connectivity index (χ2n) is 8.50. The van der Waals surface area contributed by atoms with Gasteiger partial charge >= 0.3 is 0 Å². The van der Waals surface area contributed by atoms with Gasteiger partial charge in [-0.1, -0.05) is 13.8 Å². The molecule has 0 amide bonds. The monoisotopic (exact) mass is 354 g/mol. The van der Waals surface area contributed by atoms with Gasteiger partial charge in [-0.2, -0.15) is 0 Å². The van der Waals surface area contributed by atoms with Crippen molar-refractivity contribution in [1.29, 1.82) is 0 Å². The standard InChI is InChI=1S/C18H34N4OS/c1-13(2)17(20-24(23)18(4,5)6)16-12-22(14(3)19-16)11-15-8-9-21(7)10-15/h12-13,15,17,20H,8-11H2,1-7H3/t15-,17?,24-/m0/s1. The number of aryl methyl sites for hydroxylation is 1. The number of aromatic nitrogens is 2. The van der Waals surface area contributed by atoms with Gasteiger partial charge in [0, 0.05) is 30.6 Å². The molecule has 5 nitrogen and oxygen atoms in total. The summed E-state index contributed by atoms with van der Waals surface area (Å²) in [6.07, 6.45) is 3.41. The molecular weight excluding hydrogens is 320 g/mol. The number of likely N-dealkylation sites (tertiary alicyclic amines) is 1. The summed E-state index contributed by atoms with van der Waals surface area (Å²) >= 11 is -1.10. The molecule has 0 aliphatic carbocycles. The minimum Gasteiger partial charge on any atom is -0.598 e. The fraction of sp³-hybridized carbons (Fsp3) is 0.833. The zero-order valence-electron chi connectivity index (χ0n) is 16.3. The summed E-state index contributed by atoms with van der Waals surface area (Å²) in [7, 11) is 2.19. The molecule has 1 unspecified atom stereocenters. The topological polar surface area (TPSA) is 56.2 Å². The molecular formula is C18H34N4OS. The van der Waals surface area contributed by atoms with Crippen molar-refractivity contribution in [3.63, 3.8) is 0 Å². The van der Waals surface area contributed by atoms with Crippen molar-refractivity contribution >= 4 is 11.4 Å². The van der Waals surface area contributed by atoms with Gasteiger partial charge in [0.1, 0.15) is 10.6 Å². The molecule has 24 heavy (non-hydrogen) atoms. The molecule has 2 rings (SSSR count). The number of hydrogen-bond acceptors (Lipinski definition) is 4. The molecule has 2 heterocycles. The van der Waals surface area contributed by atoms with Crippen molar-refractivity contribution in [2.24, 2.45) is 11.8 Å². The number of nitrogens with zero attached hydrogens (tertiary/aromatic N) is 3. The fourth-order valence-electron chi connectivity index (χ4n) is 3.15. The molecule has 6 heteroatoms. The molecule has 1 aromatic heterocycles. The van der Waals surface area contributed by atoms with Crippen LogP contribution in [0.25, 0.3) is 0 Å². The van der Waals surface area contributed by atoms with Crippen molar-refractivity contribution in [3.05, 3.63) is 17.7 Å². The van der Waals surface area contributed by atoms with Crippen LogP contribution in [0.15, 0.2) is 6.20 Å². The Labute approximate surface area is 150 Å². The van der Waals surface area contributed by atoms with Crippen LogP contribution in [0.2, 0.25) is 0 Å². The Morgan fingerprint density at radius 3 is 2.58 bits per heavy atom. The second-order valence-corrected chi connectivity index (χ2v) is 10.5. The predicted molar refractivity (Wildman–Crippen MR) is 101 cm³/mol. The summed E-state index contributed by atoms with van der Waals surface area (Å²) in [5, 5.41) is 0. The largest absolute Gasteiger partial charge is 0.598 e. The molecule has 1 aromatic rings. The Morgan fingerprint density at radius 1 is 1.42 bits per heavy atom. The lowest BCUT2D eigenvalue weighted by Gasteiger charge is -2.28. The zero-order valence-corrected chi connectivity index (χ0v) is 17.1. The molecule has 1 fully saturated rings. The number of rotatable bonds is 6. The van der Waals surface area contributed by atoms with Gasteiger partial charge in [0.15, 0.2) is 0 Å². The van der Waals surface area contributed by atoms with E-state index in [-0.39, 0.29) is 10.8 Å². The molecule has 1 N–H and O–H groups in total. The number of imidazole rings is 1. The van der Waals surface area contributed by atoms with E-state index in [1.54, 1.807) is 0 Å². The van der Waals surface area contributed by atoms with E-state index >= 15 is 0 Å². The second kappa shape index (κ2) is 7.77. The van der Waals surface area contributed by atoms with Gasteiger partial charge in [-0.25, -0.2) is 4.98 Å². The summed E-state index contributed by atoms with van der Waals surface area (Å²) in [6, 6.07) is 0.0104. The van der Waals surface area contributed by atoms with Gasteiger partial charge < -0.3 is 14.0 Å². The molecule has 138 valence electrons. The lowest BCUT2D eigenvalue weighted by Crippen LogP contribution is -2.42. The van der Waals surface area contributed by atoms with Crippen LogP contribution in [0, 0.1) is 18.8 Å². The molecule has 1 saturated heterocycles. The van der Waals surface area contributed by atoms with E-state index in [1.807, 2.05) is 20.8 Å². The first-order valence-electron chi connectivity index (χ1n) is 8.98. The molecule has 0 radical (unpaired) electrons. The smallest absolute Gasteiger partial charge is 0.136 e. The van der Waals surface area contributed by atoms with E-state index < -0.39 is 11.4 Å². The van der Waals surface area contributed by atoms with Crippen molar-refractivity contribution in [3.8, 4) is 0 Å². The van der Waals surface area contributed by atoms with Crippen molar-refractivity contribution in [1.82, 2.24) is 19.2 Å². The van der Waals surface area contributed by atoms with Crippen LogP contribution in [0.1, 0.15) is 58.6 Å². The van der Waals surface area contributed by atoms with Crippen molar-refractivity contribution in [2.75, 3.05) is 20.1 Å². The number of nitrogens with one attached hydrogen (secondary N) is 1. The highest BCUT2D eigenvalue weighted by Gasteiger charge is 2.32. The average molecular weight is 355 g/mol. The summed E-state index contributed by atoms with van der Waals surface area (Å²) in [5.41, 5.74) is 1.01. The van der Waals surface area contributed by atoms with E-state index in [0.717, 1.165) is 24.6 Å². The molecule has 0 bridgehead atoms. The van der Waals surface area contributed by atoms with Gasteiger partial charge in [0.2, 0.25) is 0 Å². The predicted octanol–water partition coefficient (Wildman–Crippen LogP) is 2.89. The Bertz CT molecular complexity index is 538. The highest BCUT2D eigenvalue weighted by molar-refractivity contribution is 7.90. The third-order valence-electron chi connectivity index (χ3n) is 4.71. The lowest BCUT2D eigenvalue weighted by atomic mass is 10.0. The normalized spacial score (nSPS) is 22.3. The van der Waals surface area contributed by atoms with Crippen LogP contribution in [0.4, 0.5) is 0 Å². The fourth-order valence-corrected chi connectivity index (χ4v) is 4.13. The Morgan fingerprint density at radius 2 is 2.08 bits per heavy atom. The van der Waals surface area contributed by atoms with Gasteiger partial charge in [-0.05, 0) is 59.5 Å². The highest BCUT2D eigenvalue weighted by Crippen LogP contribution is 2.26. The molecule has 3 atom stereocenters. The van der Waals surface area contributed by atoms with Crippen LogP contribution < -0.4 is 4.72 Å². The zero-order chi connectivity index (χ0) is 18.1. The Kier molecular flexibility index (Phi) is 6.40. The maximum atomic E-state index is 12.5. The SMILES string of the molecule is Cc1nc(C(N[S@@+]([O-])C(C)(C)C)C(C)C)cn1C[C@H]1CCN(C)C1. The van der Waals surface area contributed by atoms with E-state index in [1.165, 1.54) is 13.0 Å². The van der Waals surface area contributed by atoms with Crippen LogP contribution in [-0.4, -0.2) is 43.9 Å². The van der Waals surface area contributed by atoms with Crippen molar-refractivity contribution < 1.29 is 4.55 Å². The molecule has 0 saturated carbocycles. The highest BCUT2D eigenvalue weighted by atomic mass is 32.2. The van der Waals surface area contributed by atoms with E-state index in [0.29, 0.717) is 11.8 Å². The number of hydrogen-bond donors (Lipinski definition) is 1. The average Bonchev–Trinajstić information content (AvgIpc) is 3.01. The molecule has 0 aromatic carbocycles. The summed E-state index contributed by atoms with van der Waals surface area (Å²) in [6.45, 7) is 15.7. The van der Waals surface area contributed by atoms with E-state index in [4.69, 9.17) is 4.98 Å². The van der Waals surface area contributed by atoms with Crippen LogP contribution in [0.3, 0.4) is 0 Å². The summed E-state index contributed by atoms with van der Waals surface area (Å²) in [5.74, 6) is 2.08. The molecule has 1 aliphatic heterocycles. The third-order valence-corrected chi connectivity index (χ3v) is 6.29. The van der Waals surface area contributed by atoms with Crippen LogP contribution in [-0.2, 0) is 17.9 Å². The quantitative estimate of drug-likeness (QED) is 0.798. The van der Waals surface area contributed by atoms with Crippen LogP contribution in [0.5, 0.6) is 0 Å². The first-order chi connectivity index (χ1) is 11.1. The molecule has 1 aliphatic rings. The maximum Gasteiger partial charge on any atom is 0.136 e. The minimum absolute atomic E-state index is 0.0104. The van der Waals surface area contributed by atoms with Gasteiger partial charge in [-0.15, -0.1) is 4.72 Å². The minimum atomic E-state index is -1.10. The Hall–Kier alpha value is -0.560. The van der Waals surface area contributed by atoms with Crippen molar-refractivity contribution in [2.45, 2.75) is 65.3 Å². The first-order valence-corrected chi connectivity index (χ1v) is 10.1. The first kappa shape index (κ1) is 19.8. The van der Waals surface area contributed by atoms with Gasteiger partial charge in [0.25, 0.3) is 0 Å². The third kappa shape index (κ3) is 4.97. The maximum absolute atomic E-state index is 12.5. The Balaban J connectivity index is 2.12. The lowest BCUT2D eigenvalue weighted by molar-refractivity contribution is 0.376. The van der Waals surface area contributed by atoms with Gasteiger partial charge in [-0.3, -0.25) is 0 Å². The summed E-state index contributed by atoms with van der Waals surface area (Å²) in [4.78, 5) is 7.17. The van der Waals surface area contributed by atoms with E-state index in [9.17, 15) is 4.55 Å². The van der Waals surface area contributed by atoms with Gasteiger partial charge in [0.05, 0.1) is 11.7 Å².